The molecule has 2 rings (SSSR count). The molecule has 24 heavy (non-hydrogen) atoms. The Kier molecular flexibility index (Phi) is 5.81. The van der Waals surface area contributed by atoms with Crippen LogP contribution in [0.15, 0.2) is 17.0 Å². The van der Waals surface area contributed by atoms with E-state index in [9.17, 15) is 9.59 Å². The van der Waals surface area contributed by atoms with Crippen molar-refractivity contribution < 1.29 is 19.1 Å². The van der Waals surface area contributed by atoms with Gasteiger partial charge in [-0.2, -0.15) is 0 Å². The second-order valence-corrected chi connectivity index (χ2v) is 5.90. The van der Waals surface area contributed by atoms with Crippen molar-refractivity contribution in [1.29, 1.82) is 0 Å². The van der Waals surface area contributed by atoms with Crippen molar-refractivity contribution in [3.8, 4) is 36.2 Å². The van der Waals surface area contributed by atoms with E-state index >= 15 is 0 Å². The van der Waals surface area contributed by atoms with Crippen LogP contribution in [0.1, 0.15) is 5.56 Å². The molecular formula is C17H12ClNO4S. The number of carbonyl (C=O) groups excluding carboxylic acids is 2. The van der Waals surface area contributed by atoms with Gasteiger partial charge in [0.25, 0.3) is 11.1 Å². The highest BCUT2D eigenvalue weighted by molar-refractivity contribution is 8.18. The zero-order valence-corrected chi connectivity index (χ0v) is 14.2. The van der Waals surface area contributed by atoms with Crippen LogP contribution < -0.4 is 9.47 Å². The minimum absolute atomic E-state index is 0.0421. The maximum Gasteiger partial charge on any atom is 0.294 e. The Balaban J connectivity index is 2.35. The number of ether oxygens (including phenoxy) is 2. The average molecular weight is 362 g/mol. The standard InChI is InChI=1S/C17H12ClNO4S/c1-4-6-19-16(20)14(24-17(19)21)10-11-8-12(18)15(23-7-5-2)13(9-11)22-3/h1-2,8-10H,6-7H2,3H3/b14-10+. The quantitative estimate of drug-likeness (QED) is 0.596. The fourth-order valence-electron chi connectivity index (χ4n) is 1.96. The fourth-order valence-corrected chi connectivity index (χ4v) is 3.07. The number of halogens is 1. The molecule has 1 aromatic rings. The fraction of sp³-hybridized carbons (Fsp3) is 0.176. The molecule has 122 valence electrons. The monoisotopic (exact) mass is 361 g/mol. The van der Waals surface area contributed by atoms with E-state index in [0.717, 1.165) is 16.7 Å². The number of rotatable bonds is 5. The second kappa shape index (κ2) is 7.83. The van der Waals surface area contributed by atoms with Crippen molar-refractivity contribution in [2.75, 3.05) is 20.3 Å². The van der Waals surface area contributed by atoms with E-state index in [-0.39, 0.29) is 23.1 Å². The van der Waals surface area contributed by atoms with Crippen molar-refractivity contribution >= 4 is 40.6 Å². The first-order valence-electron chi connectivity index (χ1n) is 6.64. The Labute approximate surface area is 148 Å². The van der Waals surface area contributed by atoms with Gasteiger partial charge >= 0.3 is 0 Å². The van der Waals surface area contributed by atoms with Crippen molar-refractivity contribution in [2.45, 2.75) is 0 Å². The predicted octanol–water partition coefficient (Wildman–Crippen LogP) is 3.03. The number of amides is 2. The van der Waals surface area contributed by atoms with Crippen LogP contribution in [0.2, 0.25) is 5.02 Å². The van der Waals surface area contributed by atoms with Crippen LogP contribution in [-0.4, -0.2) is 36.3 Å². The summed E-state index contributed by atoms with van der Waals surface area (Å²) in [6.07, 6.45) is 11.9. The second-order valence-electron chi connectivity index (χ2n) is 4.50. The van der Waals surface area contributed by atoms with Gasteiger partial charge in [-0.15, -0.1) is 12.8 Å². The molecule has 1 saturated heterocycles. The number of nitrogens with zero attached hydrogens (tertiary/aromatic N) is 1. The van der Waals surface area contributed by atoms with E-state index in [4.69, 9.17) is 33.9 Å². The number of terminal acetylenes is 2. The molecule has 1 aromatic carbocycles. The van der Waals surface area contributed by atoms with Gasteiger partial charge < -0.3 is 9.47 Å². The summed E-state index contributed by atoms with van der Waals surface area (Å²) < 4.78 is 10.6. The van der Waals surface area contributed by atoms with Gasteiger partial charge in [0.15, 0.2) is 11.5 Å². The van der Waals surface area contributed by atoms with Crippen molar-refractivity contribution in [1.82, 2.24) is 4.90 Å². The molecule has 1 aliphatic heterocycles. The van der Waals surface area contributed by atoms with Gasteiger partial charge in [-0.25, -0.2) is 0 Å². The van der Waals surface area contributed by atoms with Crippen LogP contribution in [0.4, 0.5) is 4.79 Å². The molecule has 0 saturated carbocycles. The largest absolute Gasteiger partial charge is 0.493 e. The molecule has 0 spiro atoms. The topological polar surface area (TPSA) is 55.8 Å². The van der Waals surface area contributed by atoms with Crippen molar-refractivity contribution in [3.63, 3.8) is 0 Å². The molecule has 2 amide bonds. The zero-order valence-electron chi connectivity index (χ0n) is 12.7. The first-order valence-corrected chi connectivity index (χ1v) is 7.84. The highest BCUT2D eigenvalue weighted by atomic mass is 35.5. The Morgan fingerprint density at radius 3 is 2.71 bits per heavy atom. The average Bonchev–Trinajstić information content (AvgIpc) is 2.81. The molecule has 1 heterocycles. The van der Waals surface area contributed by atoms with Crippen LogP contribution in [0.25, 0.3) is 6.08 Å². The Morgan fingerprint density at radius 2 is 2.08 bits per heavy atom. The van der Waals surface area contributed by atoms with E-state index in [1.165, 1.54) is 7.11 Å². The van der Waals surface area contributed by atoms with E-state index < -0.39 is 11.1 Å². The van der Waals surface area contributed by atoms with E-state index in [0.29, 0.717) is 17.1 Å². The number of hydrogen-bond acceptors (Lipinski definition) is 5. The van der Waals surface area contributed by atoms with Gasteiger partial charge in [0.05, 0.1) is 23.6 Å². The molecule has 0 radical (unpaired) electrons. The minimum Gasteiger partial charge on any atom is -0.493 e. The molecule has 0 aliphatic carbocycles. The number of benzene rings is 1. The summed E-state index contributed by atoms with van der Waals surface area (Å²) in [5, 5.41) is -0.130. The molecule has 0 atom stereocenters. The first kappa shape index (κ1) is 17.8. The maximum absolute atomic E-state index is 12.2. The van der Waals surface area contributed by atoms with Crippen molar-refractivity contribution in [3.05, 3.63) is 27.6 Å². The lowest BCUT2D eigenvalue weighted by Crippen LogP contribution is -2.28. The van der Waals surface area contributed by atoms with Crippen LogP contribution >= 0.6 is 23.4 Å². The van der Waals surface area contributed by atoms with Gasteiger partial charge in [0.1, 0.15) is 6.61 Å². The molecular weight excluding hydrogens is 350 g/mol. The van der Waals surface area contributed by atoms with Crippen LogP contribution in [0, 0.1) is 24.7 Å². The first-order chi connectivity index (χ1) is 11.5. The molecule has 1 aliphatic rings. The molecule has 0 aromatic heterocycles. The summed E-state index contributed by atoms with van der Waals surface area (Å²) in [6, 6.07) is 3.22. The lowest BCUT2D eigenvalue weighted by Gasteiger charge is -2.11. The van der Waals surface area contributed by atoms with Gasteiger partial charge in [0, 0.05) is 0 Å². The summed E-state index contributed by atoms with van der Waals surface area (Å²) in [5.74, 6) is 4.86. The predicted molar refractivity (Wildman–Crippen MR) is 93.8 cm³/mol. The molecule has 0 unspecified atom stereocenters. The highest BCUT2D eigenvalue weighted by Crippen LogP contribution is 2.38. The SMILES string of the molecule is C#CCOc1c(Cl)cc(/C=C2/SC(=O)N(CC#C)C2=O)cc1OC. The zero-order chi connectivity index (χ0) is 17.7. The number of carbonyl (C=O) groups is 2. The summed E-state index contributed by atoms with van der Waals surface area (Å²) in [7, 11) is 1.46. The van der Waals surface area contributed by atoms with Gasteiger partial charge in [-0.05, 0) is 35.5 Å². The number of hydrogen-bond donors (Lipinski definition) is 0. The van der Waals surface area contributed by atoms with Crippen molar-refractivity contribution in [2.24, 2.45) is 0 Å². The third kappa shape index (κ3) is 3.68. The Morgan fingerprint density at radius 1 is 1.33 bits per heavy atom. The maximum atomic E-state index is 12.2. The minimum atomic E-state index is -0.439. The Hall–Kier alpha value is -2.54. The summed E-state index contributed by atoms with van der Waals surface area (Å²) in [5.41, 5.74) is 0.580. The number of methoxy groups -OCH3 is 1. The van der Waals surface area contributed by atoms with Gasteiger partial charge in [0.2, 0.25) is 0 Å². The number of thioether (sulfide) groups is 1. The molecule has 0 bridgehead atoms. The molecule has 5 nitrogen and oxygen atoms in total. The Bertz CT molecular complexity index is 804. The normalized spacial score (nSPS) is 15.3. The lowest BCUT2D eigenvalue weighted by atomic mass is 10.1. The molecule has 0 N–H and O–H groups in total. The summed E-state index contributed by atoms with van der Waals surface area (Å²) in [4.78, 5) is 25.2. The van der Waals surface area contributed by atoms with Crippen LogP contribution in [-0.2, 0) is 4.79 Å². The van der Waals surface area contributed by atoms with Crippen LogP contribution in [0.5, 0.6) is 11.5 Å². The third-order valence-electron chi connectivity index (χ3n) is 2.97. The van der Waals surface area contributed by atoms with E-state index in [1.807, 2.05) is 0 Å². The summed E-state index contributed by atoms with van der Waals surface area (Å²) >= 11 is 6.99. The van der Waals surface area contributed by atoms with E-state index in [2.05, 4.69) is 11.8 Å². The smallest absolute Gasteiger partial charge is 0.294 e. The molecule has 1 fully saturated rings. The lowest BCUT2D eigenvalue weighted by molar-refractivity contribution is -0.122. The van der Waals surface area contributed by atoms with Crippen LogP contribution in [0.3, 0.4) is 0 Å². The van der Waals surface area contributed by atoms with Gasteiger partial charge in [-0.1, -0.05) is 23.4 Å². The van der Waals surface area contributed by atoms with E-state index in [1.54, 1.807) is 18.2 Å². The van der Waals surface area contributed by atoms with Gasteiger partial charge in [-0.3, -0.25) is 14.5 Å². The molecule has 7 heteroatoms. The third-order valence-corrected chi connectivity index (χ3v) is 4.16. The highest BCUT2D eigenvalue weighted by Gasteiger charge is 2.34. The number of imide groups is 1. The summed E-state index contributed by atoms with van der Waals surface area (Å²) in [6.45, 7) is -0.0225.